The summed E-state index contributed by atoms with van der Waals surface area (Å²) in [6.45, 7) is 1.07. The molecule has 34 heavy (non-hydrogen) atoms. The summed E-state index contributed by atoms with van der Waals surface area (Å²) in [6.07, 6.45) is -1.26. The van der Waals surface area contributed by atoms with Gasteiger partial charge in [0.2, 0.25) is 15.8 Å². The van der Waals surface area contributed by atoms with Crippen LogP contribution in [0.4, 0.5) is 4.39 Å². The molecule has 0 aliphatic carbocycles. The van der Waals surface area contributed by atoms with Gasteiger partial charge in [-0.05, 0) is 37.3 Å². The van der Waals surface area contributed by atoms with Gasteiger partial charge in [0.05, 0.1) is 23.2 Å². The Kier molecular flexibility index (Phi) is 6.69. The molecule has 9 nitrogen and oxygen atoms in total. The molecule has 1 aromatic heterocycles. The monoisotopic (exact) mass is 491 g/mol. The highest BCUT2D eigenvalue weighted by Gasteiger charge is 2.44. The lowest BCUT2D eigenvalue weighted by molar-refractivity contribution is -0.148. The molecule has 1 saturated heterocycles. The van der Waals surface area contributed by atoms with Gasteiger partial charge in [-0.3, -0.25) is 4.79 Å². The molecule has 1 fully saturated rings. The van der Waals surface area contributed by atoms with Gasteiger partial charge < -0.3 is 19.0 Å². The van der Waals surface area contributed by atoms with Crippen LogP contribution in [0.15, 0.2) is 57.8 Å². The zero-order valence-corrected chi connectivity index (χ0v) is 19.0. The largest absolute Gasteiger partial charge is 0.460 e. The normalized spacial score (nSPS) is 18.8. The van der Waals surface area contributed by atoms with Gasteiger partial charge in [-0.1, -0.05) is 18.2 Å². The number of para-hydroxylation sites is 1. The standard InChI is InChI=1S/C23H22FNO8S/c1-2-31-23(28)21-18(17-5-3-4-6-20(17)33-21)13-32-22(27)19-11-15(26)12-25(19)34(29,30)16-9-7-14(24)8-10-16/h3-10,15,19,26H,2,11-13H2,1H3/t15-,19+/m0/s1. The minimum Gasteiger partial charge on any atom is -0.460 e. The van der Waals surface area contributed by atoms with Crippen LogP contribution in [0.2, 0.25) is 0 Å². The molecule has 180 valence electrons. The number of sulfonamides is 1. The van der Waals surface area contributed by atoms with Gasteiger partial charge in [-0.2, -0.15) is 4.31 Å². The third-order valence-corrected chi connectivity index (χ3v) is 7.33. The molecule has 1 aliphatic heterocycles. The smallest absolute Gasteiger partial charge is 0.374 e. The Labute approximate surface area is 194 Å². The Morgan fingerprint density at radius 2 is 1.85 bits per heavy atom. The van der Waals surface area contributed by atoms with E-state index in [-0.39, 0.29) is 42.4 Å². The Morgan fingerprint density at radius 3 is 2.56 bits per heavy atom. The van der Waals surface area contributed by atoms with Gasteiger partial charge in [0.15, 0.2) is 0 Å². The van der Waals surface area contributed by atoms with Gasteiger partial charge in [-0.25, -0.2) is 17.6 Å². The number of β-amino-alcohol motifs (C(OH)–C–C–N with tert-alkyl or cyclic N) is 1. The molecule has 0 unspecified atom stereocenters. The number of ether oxygens (including phenoxy) is 2. The van der Waals surface area contributed by atoms with E-state index < -0.39 is 39.9 Å². The average molecular weight is 491 g/mol. The van der Waals surface area contributed by atoms with Gasteiger partial charge in [0.25, 0.3) is 0 Å². The van der Waals surface area contributed by atoms with Crippen molar-refractivity contribution in [1.29, 1.82) is 0 Å². The number of hydrogen-bond donors (Lipinski definition) is 1. The van der Waals surface area contributed by atoms with Gasteiger partial charge in [0.1, 0.15) is 24.0 Å². The SMILES string of the molecule is CCOC(=O)c1oc2ccccc2c1COC(=O)[C@H]1C[C@H](O)CN1S(=O)(=O)c1ccc(F)cc1. The highest BCUT2D eigenvalue weighted by Crippen LogP contribution is 2.30. The molecular formula is C23H22FNO8S. The summed E-state index contributed by atoms with van der Waals surface area (Å²) >= 11 is 0. The summed E-state index contributed by atoms with van der Waals surface area (Å²) in [6, 6.07) is 9.64. The molecule has 2 atom stereocenters. The van der Waals surface area contributed by atoms with Crippen molar-refractivity contribution in [3.8, 4) is 0 Å². The van der Waals surface area contributed by atoms with Crippen LogP contribution in [0.25, 0.3) is 11.0 Å². The van der Waals surface area contributed by atoms with Gasteiger partial charge >= 0.3 is 11.9 Å². The Hall–Kier alpha value is -3.28. The van der Waals surface area contributed by atoms with E-state index in [1.807, 2.05) is 0 Å². The zero-order valence-electron chi connectivity index (χ0n) is 18.1. The fraction of sp³-hybridized carbons (Fsp3) is 0.304. The second-order valence-corrected chi connectivity index (χ2v) is 9.56. The zero-order chi connectivity index (χ0) is 24.5. The van der Waals surface area contributed by atoms with Crippen LogP contribution in [-0.4, -0.2) is 55.1 Å². The van der Waals surface area contributed by atoms with Crippen LogP contribution in [0.5, 0.6) is 0 Å². The number of esters is 2. The number of rotatable bonds is 7. The lowest BCUT2D eigenvalue weighted by Gasteiger charge is -2.22. The van der Waals surface area contributed by atoms with Crippen LogP contribution in [0.3, 0.4) is 0 Å². The first-order valence-electron chi connectivity index (χ1n) is 10.5. The molecule has 0 bridgehead atoms. The van der Waals surface area contributed by atoms with Crippen LogP contribution in [0, 0.1) is 5.82 Å². The second-order valence-electron chi connectivity index (χ2n) is 7.67. The summed E-state index contributed by atoms with van der Waals surface area (Å²) < 4.78 is 56.2. The molecule has 0 amide bonds. The minimum atomic E-state index is -4.21. The summed E-state index contributed by atoms with van der Waals surface area (Å²) in [5.41, 5.74) is 0.683. The number of furan rings is 1. The molecule has 0 saturated carbocycles. The minimum absolute atomic E-state index is 0.113. The number of aliphatic hydroxyl groups is 1. The first-order chi connectivity index (χ1) is 16.2. The molecule has 11 heteroatoms. The van der Waals surface area contributed by atoms with Crippen LogP contribution >= 0.6 is 0 Å². The van der Waals surface area contributed by atoms with Crippen molar-refractivity contribution in [2.75, 3.05) is 13.2 Å². The van der Waals surface area contributed by atoms with Crippen LogP contribution < -0.4 is 0 Å². The van der Waals surface area contributed by atoms with Crippen molar-refractivity contribution >= 4 is 32.9 Å². The maximum Gasteiger partial charge on any atom is 0.374 e. The Bertz CT molecular complexity index is 1320. The van der Waals surface area contributed by atoms with E-state index >= 15 is 0 Å². The Balaban J connectivity index is 1.58. The maximum atomic E-state index is 13.2. The van der Waals surface area contributed by atoms with Gasteiger partial charge in [-0.15, -0.1) is 0 Å². The lowest BCUT2D eigenvalue weighted by atomic mass is 10.1. The number of fused-ring (bicyclic) bond motifs is 1. The number of hydrogen-bond acceptors (Lipinski definition) is 8. The third-order valence-electron chi connectivity index (χ3n) is 5.44. The maximum absolute atomic E-state index is 13.2. The number of carbonyl (C=O) groups excluding carboxylic acids is 2. The molecule has 0 radical (unpaired) electrons. The first-order valence-corrected chi connectivity index (χ1v) is 12.0. The van der Waals surface area contributed by atoms with Crippen molar-refractivity contribution in [2.24, 2.45) is 0 Å². The molecule has 2 heterocycles. The van der Waals surface area contributed by atoms with E-state index in [1.54, 1.807) is 31.2 Å². The quantitative estimate of drug-likeness (QED) is 0.501. The lowest BCUT2D eigenvalue weighted by Crippen LogP contribution is -2.41. The van der Waals surface area contributed by atoms with Crippen molar-refractivity contribution in [1.82, 2.24) is 4.31 Å². The summed E-state index contributed by atoms with van der Waals surface area (Å²) in [7, 11) is -4.21. The van der Waals surface area contributed by atoms with E-state index in [0.29, 0.717) is 11.0 Å². The number of aliphatic hydroxyl groups excluding tert-OH is 1. The highest BCUT2D eigenvalue weighted by molar-refractivity contribution is 7.89. The molecular weight excluding hydrogens is 469 g/mol. The second kappa shape index (κ2) is 9.53. The molecule has 1 N–H and O–H groups in total. The van der Waals surface area contributed by atoms with E-state index in [4.69, 9.17) is 13.9 Å². The molecule has 1 aliphatic rings. The van der Waals surface area contributed by atoms with Gasteiger partial charge in [0, 0.05) is 18.4 Å². The summed E-state index contributed by atoms with van der Waals surface area (Å²) in [4.78, 5) is 25.0. The number of carbonyl (C=O) groups is 2. The van der Waals surface area contributed by atoms with Crippen LogP contribution in [-0.2, 0) is 30.9 Å². The molecule has 3 aromatic rings. The van der Waals surface area contributed by atoms with E-state index in [2.05, 4.69) is 0 Å². The predicted molar refractivity (Wildman–Crippen MR) is 117 cm³/mol. The predicted octanol–water partition coefficient (Wildman–Crippen LogP) is 2.62. The van der Waals surface area contributed by atoms with E-state index in [9.17, 15) is 27.5 Å². The molecule has 2 aromatic carbocycles. The highest BCUT2D eigenvalue weighted by atomic mass is 32.2. The van der Waals surface area contributed by atoms with Crippen LogP contribution in [0.1, 0.15) is 29.5 Å². The fourth-order valence-electron chi connectivity index (χ4n) is 3.85. The topological polar surface area (TPSA) is 123 Å². The average Bonchev–Trinajstić information content (AvgIpc) is 3.39. The first kappa shape index (κ1) is 23.9. The Morgan fingerprint density at radius 1 is 1.15 bits per heavy atom. The third kappa shape index (κ3) is 4.54. The summed E-state index contributed by atoms with van der Waals surface area (Å²) in [5, 5.41) is 10.6. The van der Waals surface area contributed by atoms with Crippen molar-refractivity contribution in [2.45, 2.75) is 37.0 Å². The number of halogens is 1. The molecule has 4 rings (SSSR count). The fourth-order valence-corrected chi connectivity index (χ4v) is 5.48. The molecule has 0 spiro atoms. The summed E-state index contributed by atoms with van der Waals surface area (Å²) in [5.74, 6) is -2.34. The van der Waals surface area contributed by atoms with E-state index in [1.165, 1.54) is 0 Å². The van der Waals surface area contributed by atoms with Crippen molar-refractivity contribution < 1.29 is 41.4 Å². The van der Waals surface area contributed by atoms with Crippen molar-refractivity contribution in [3.63, 3.8) is 0 Å². The van der Waals surface area contributed by atoms with Crippen molar-refractivity contribution in [3.05, 3.63) is 65.7 Å². The van der Waals surface area contributed by atoms with E-state index in [0.717, 1.165) is 28.6 Å². The number of benzene rings is 2. The number of nitrogens with zero attached hydrogens (tertiary/aromatic N) is 1.